The number of halogens is 2. The van der Waals surface area contributed by atoms with Crippen molar-refractivity contribution in [3.63, 3.8) is 0 Å². The first-order chi connectivity index (χ1) is 18.4. The summed E-state index contributed by atoms with van der Waals surface area (Å²) in [5.41, 5.74) is 5.59. The van der Waals surface area contributed by atoms with E-state index in [0.29, 0.717) is 36.0 Å². The molecule has 10 nitrogen and oxygen atoms in total. The van der Waals surface area contributed by atoms with E-state index in [-0.39, 0.29) is 38.5 Å². The Labute approximate surface area is 236 Å². The highest BCUT2D eigenvalue weighted by Crippen LogP contribution is 2.39. The van der Waals surface area contributed by atoms with E-state index in [9.17, 15) is 9.59 Å². The number of hydrogen-bond acceptors (Lipinski definition) is 8. The summed E-state index contributed by atoms with van der Waals surface area (Å²) in [6.07, 6.45) is 3.22. The summed E-state index contributed by atoms with van der Waals surface area (Å²) >= 11 is 12.4. The van der Waals surface area contributed by atoms with Crippen LogP contribution in [-0.2, 0) is 4.74 Å². The molecular formula is C27H30Cl2N4O6. The summed E-state index contributed by atoms with van der Waals surface area (Å²) < 4.78 is 22.9. The van der Waals surface area contributed by atoms with Crippen LogP contribution in [0.25, 0.3) is 11.5 Å². The number of methoxy groups -OCH3 is 1. The lowest BCUT2D eigenvalue weighted by molar-refractivity contribution is 0.0640. The second-order valence-electron chi connectivity index (χ2n) is 10.5. The van der Waals surface area contributed by atoms with Crippen molar-refractivity contribution in [3.05, 3.63) is 52.1 Å². The zero-order valence-electron chi connectivity index (χ0n) is 22.0. The summed E-state index contributed by atoms with van der Waals surface area (Å²) in [5.74, 6) is 1.04. The molecule has 0 spiro atoms. The molecule has 208 valence electrons. The Kier molecular flexibility index (Phi) is 8.56. The van der Waals surface area contributed by atoms with Gasteiger partial charge in [-0.1, -0.05) is 44.0 Å². The zero-order chi connectivity index (χ0) is 28.3. The molecule has 3 N–H and O–H groups in total. The highest BCUT2D eigenvalue weighted by molar-refractivity contribution is 6.39. The maximum atomic E-state index is 13.5. The van der Waals surface area contributed by atoms with Crippen LogP contribution in [0.15, 0.2) is 35.0 Å². The molecule has 0 saturated heterocycles. The summed E-state index contributed by atoms with van der Waals surface area (Å²) in [5, 5.41) is 2.92. The normalized spacial score (nSPS) is 14.0. The Balaban J connectivity index is 1.77. The van der Waals surface area contributed by atoms with Crippen molar-refractivity contribution in [1.29, 1.82) is 0 Å². The number of benzene rings is 1. The Morgan fingerprint density at radius 2 is 1.87 bits per heavy atom. The van der Waals surface area contributed by atoms with E-state index in [1.807, 2.05) is 20.8 Å². The number of pyridine rings is 1. The Morgan fingerprint density at radius 1 is 1.18 bits per heavy atom. The van der Waals surface area contributed by atoms with Gasteiger partial charge in [-0.25, -0.2) is 9.78 Å². The molecule has 39 heavy (non-hydrogen) atoms. The fraction of sp³-hybridized carbons (Fsp3) is 0.407. The van der Waals surface area contributed by atoms with Gasteiger partial charge in [-0.3, -0.25) is 9.78 Å². The van der Waals surface area contributed by atoms with E-state index in [1.54, 1.807) is 25.3 Å². The molecule has 0 aliphatic heterocycles. The topological polar surface area (TPSA) is 139 Å². The number of ether oxygens (including phenoxy) is 3. The first kappa shape index (κ1) is 28.5. The number of anilines is 1. The van der Waals surface area contributed by atoms with Crippen LogP contribution in [0.1, 0.15) is 62.4 Å². The molecule has 1 saturated carbocycles. The van der Waals surface area contributed by atoms with E-state index >= 15 is 0 Å². The van der Waals surface area contributed by atoms with Crippen molar-refractivity contribution in [2.24, 2.45) is 17.1 Å². The first-order valence-corrected chi connectivity index (χ1v) is 13.1. The van der Waals surface area contributed by atoms with Crippen LogP contribution in [0, 0.1) is 11.3 Å². The third-order valence-electron chi connectivity index (χ3n) is 5.89. The van der Waals surface area contributed by atoms with Gasteiger partial charge in [0.15, 0.2) is 29.1 Å². The van der Waals surface area contributed by atoms with Gasteiger partial charge in [-0.15, -0.1) is 0 Å². The Bertz CT molecular complexity index is 1350. The number of oxazole rings is 1. The maximum absolute atomic E-state index is 13.5. The monoisotopic (exact) mass is 576 g/mol. The van der Waals surface area contributed by atoms with Crippen LogP contribution in [0.3, 0.4) is 0 Å². The van der Waals surface area contributed by atoms with Crippen LogP contribution < -0.4 is 20.5 Å². The zero-order valence-corrected chi connectivity index (χ0v) is 23.6. The van der Waals surface area contributed by atoms with Crippen molar-refractivity contribution in [2.75, 3.05) is 19.0 Å². The van der Waals surface area contributed by atoms with Crippen LogP contribution in [0.2, 0.25) is 10.0 Å². The molecule has 1 aliphatic carbocycles. The molecule has 2 heterocycles. The fourth-order valence-corrected chi connectivity index (χ4v) is 4.30. The number of aromatic nitrogens is 2. The van der Waals surface area contributed by atoms with Crippen molar-refractivity contribution >= 4 is 40.9 Å². The maximum Gasteiger partial charge on any atom is 0.405 e. The van der Waals surface area contributed by atoms with Crippen molar-refractivity contribution in [2.45, 2.75) is 46.1 Å². The minimum Gasteiger partial charge on any atom is -0.493 e. The molecule has 12 heteroatoms. The molecule has 4 rings (SSSR count). The quantitative estimate of drug-likeness (QED) is 0.273. The molecule has 0 bridgehead atoms. The van der Waals surface area contributed by atoms with Crippen molar-refractivity contribution in [3.8, 4) is 23.0 Å². The van der Waals surface area contributed by atoms with Crippen LogP contribution in [0.5, 0.6) is 11.5 Å². The van der Waals surface area contributed by atoms with E-state index < -0.39 is 18.1 Å². The highest BCUT2D eigenvalue weighted by Gasteiger charge is 2.33. The molecular weight excluding hydrogens is 547 g/mol. The molecule has 1 aromatic carbocycles. The number of primary amides is 1. The van der Waals surface area contributed by atoms with Crippen molar-refractivity contribution in [1.82, 2.24) is 9.97 Å². The highest BCUT2D eigenvalue weighted by atomic mass is 35.5. The van der Waals surface area contributed by atoms with Gasteiger partial charge in [0.25, 0.3) is 5.91 Å². The van der Waals surface area contributed by atoms with Crippen LogP contribution in [-0.4, -0.2) is 35.7 Å². The van der Waals surface area contributed by atoms with Gasteiger partial charge in [-0.05, 0) is 48.8 Å². The first-order valence-electron chi connectivity index (χ1n) is 12.3. The predicted octanol–water partition coefficient (Wildman–Crippen LogP) is 6.67. The SMILES string of the molecule is COc1ccc(-c2nc(C(=O)Nc3c(Cl)cncc3Cl)c(C(CC(C)(C)C)OC(N)=O)o2)cc1OCC1CC1. The van der Waals surface area contributed by atoms with Gasteiger partial charge in [0, 0.05) is 18.0 Å². The predicted molar refractivity (Wildman–Crippen MR) is 146 cm³/mol. The molecule has 0 radical (unpaired) electrons. The fourth-order valence-electron chi connectivity index (χ4n) is 3.84. The Morgan fingerprint density at radius 3 is 2.46 bits per heavy atom. The lowest BCUT2D eigenvalue weighted by Crippen LogP contribution is -2.24. The molecule has 1 unspecified atom stereocenters. The molecule has 2 aromatic heterocycles. The number of nitrogens with zero attached hydrogens (tertiary/aromatic N) is 2. The minimum atomic E-state index is -1.02. The van der Waals surface area contributed by atoms with Crippen LogP contribution in [0.4, 0.5) is 10.5 Å². The van der Waals surface area contributed by atoms with E-state index in [0.717, 1.165) is 12.8 Å². The van der Waals surface area contributed by atoms with Gasteiger partial charge in [0.05, 0.1) is 29.4 Å². The molecule has 1 aliphatic rings. The second-order valence-corrected chi connectivity index (χ2v) is 11.3. The van der Waals surface area contributed by atoms with Gasteiger partial charge in [0.1, 0.15) is 0 Å². The number of nitrogens with one attached hydrogen (secondary N) is 1. The van der Waals surface area contributed by atoms with E-state index in [4.69, 9.17) is 47.6 Å². The van der Waals surface area contributed by atoms with E-state index in [1.165, 1.54) is 12.4 Å². The third-order valence-corrected chi connectivity index (χ3v) is 6.46. The second kappa shape index (κ2) is 11.7. The summed E-state index contributed by atoms with van der Waals surface area (Å²) in [6, 6.07) is 5.18. The average Bonchev–Trinajstić information content (AvgIpc) is 3.58. The summed E-state index contributed by atoms with van der Waals surface area (Å²) in [7, 11) is 1.55. The largest absolute Gasteiger partial charge is 0.493 e. The molecule has 2 amide bonds. The number of carbonyl (C=O) groups excluding carboxylic acids is 2. The van der Waals surface area contributed by atoms with Gasteiger partial charge in [-0.2, -0.15) is 0 Å². The van der Waals surface area contributed by atoms with Gasteiger partial charge < -0.3 is 29.7 Å². The lowest BCUT2D eigenvalue weighted by atomic mass is 9.88. The standard InChI is InChI=1S/C27H30Cl2N4O6/c1-27(2,3)10-20(38-26(30)35)23-22(24(34)32-21-16(28)11-31-12-17(21)29)33-25(39-23)15-7-8-18(36-4)19(9-15)37-13-14-5-6-14/h7-9,11-12,14,20H,5-6,10,13H2,1-4H3,(H2,30,35)(H,31,32,34). The number of rotatable bonds is 10. The van der Waals surface area contributed by atoms with Crippen molar-refractivity contribution < 1.29 is 28.2 Å². The van der Waals surface area contributed by atoms with E-state index in [2.05, 4.69) is 15.3 Å². The van der Waals surface area contributed by atoms with Gasteiger partial charge in [0.2, 0.25) is 5.89 Å². The van der Waals surface area contributed by atoms with Crippen LogP contribution >= 0.6 is 23.2 Å². The minimum absolute atomic E-state index is 0.0220. The smallest absolute Gasteiger partial charge is 0.405 e. The number of amides is 2. The number of carbonyl (C=O) groups is 2. The molecule has 1 atom stereocenters. The number of hydrogen-bond donors (Lipinski definition) is 2. The summed E-state index contributed by atoms with van der Waals surface area (Å²) in [4.78, 5) is 33.7. The molecule has 3 aromatic rings. The number of nitrogens with two attached hydrogens (primary N) is 1. The lowest BCUT2D eigenvalue weighted by Gasteiger charge is -2.24. The van der Waals surface area contributed by atoms with Gasteiger partial charge >= 0.3 is 6.09 Å². The summed E-state index contributed by atoms with van der Waals surface area (Å²) in [6.45, 7) is 6.42. The molecule has 1 fully saturated rings. The third kappa shape index (κ3) is 7.33. The average molecular weight is 577 g/mol. The Hall–Kier alpha value is -3.50.